The van der Waals surface area contributed by atoms with E-state index in [0.29, 0.717) is 51.4 Å². The molecule has 2 aliphatic rings. The van der Waals surface area contributed by atoms with Gasteiger partial charge < -0.3 is 14.2 Å². The summed E-state index contributed by atoms with van der Waals surface area (Å²) < 4.78 is 48.5. The van der Waals surface area contributed by atoms with Gasteiger partial charge in [0, 0.05) is 60.1 Å². The van der Waals surface area contributed by atoms with Crippen molar-refractivity contribution in [2.24, 2.45) is 0 Å². The van der Waals surface area contributed by atoms with Crippen molar-refractivity contribution in [3.63, 3.8) is 0 Å². The van der Waals surface area contributed by atoms with Gasteiger partial charge in [0.15, 0.2) is 0 Å². The van der Waals surface area contributed by atoms with Gasteiger partial charge in [-0.1, -0.05) is 19.9 Å². The van der Waals surface area contributed by atoms with Crippen molar-refractivity contribution in [2.75, 3.05) is 7.05 Å². The van der Waals surface area contributed by atoms with Crippen LogP contribution in [-0.4, -0.2) is 44.0 Å². The summed E-state index contributed by atoms with van der Waals surface area (Å²) in [6.45, 7) is 0.740. The van der Waals surface area contributed by atoms with Crippen molar-refractivity contribution in [2.45, 2.75) is 39.0 Å². The molecule has 0 aliphatic carbocycles. The second-order valence-corrected chi connectivity index (χ2v) is 9.24. The van der Waals surface area contributed by atoms with E-state index in [9.17, 15) is 13.6 Å². The quantitative estimate of drug-likeness (QED) is 0.386. The number of imidazole rings is 1. The van der Waals surface area contributed by atoms with Crippen molar-refractivity contribution >= 4 is 16.9 Å². The zero-order chi connectivity index (χ0) is 25.3. The lowest BCUT2D eigenvalue weighted by Crippen LogP contribution is -2.30. The monoisotopic (exact) mass is 492 g/mol. The van der Waals surface area contributed by atoms with Crippen LogP contribution in [-0.2, 0) is 0 Å². The van der Waals surface area contributed by atoms with Crippen LogP contribution in [0, 0.1) is 11.7 Å². The van der Waals surface area contributed by atoms with E-state index in [4.69, 9.17) is 4.74 Å². The number of rotatable bonds is 4. The Hall–Kier alpha value is -3.95. The van der Waals surface area contributed by atoms with Crippen LogP contribution >= 0.6 is 0 Å². The molecule has 7 nitrogen and oxygen atoms in total. The Balaban J connectivity index is 1.57. The number of fused-ring (bicyclic) bond motifs is 9. The first-order valence-corrected chi connectivity index (χ1v) is 11.4. The van der Waals surface area contributed by atoms with Crippen LogP contribution in [0.4, 0.5) is 13.2 Å². The number of amides is 1. The third-order valence-electron chi connectivity index (χ3n) is 6.91. The van der Waals surface area contributed by atoms with Crippen molar-refractivity contribution in [3.05, 3.63) is 77.2 Å². The number of hydrogen-bond acceptors (Lipinski definition) is 5. The van der Waals surface area contributed by atoms with Crippen LogP contribution < -0.4 is 4.74 Å². The molecule has 2 aliphatic heterocycles. The molecule has 36 heavy (non-hydrogen) atoms. The number of halogens is 3. The average Bonchev–Trinajstić information content (AvgIpc) is 3.35. The van der Waals surface area contributed by atoms with Gasteiger partial charge in [-0.2, -0.15) is 8.78 Å². The van der Waals surface area contributed by atoms with Gasteiger partial charge >= 0.3 is 6.61 Å². The highest BCUT2D eigenvalue weighted by molar-refractivity contribution is 5.98. The number of alkyl halides is 2. The molecule has 0 N–H and O–H groups in total. The normalized spacial score (nSPS) is 18.7. The van der Waals surface area contributed by atoms with E-state index in [1.165, 1.54) is 18.2 Å². The molecule has 0 fully saturated rings. The van der Waals surface area contributed by atoms with E-state index in [1.807, 2.05) is 18.4 Å². The third-order valence-corrected chi connectivity index (χ3v) is 6.91. The number of carbonyl (C=O) groups is 1. The van der Waals surface area contributed by atoms with Crippen LogP contribution in [0.2, 0.25) is 0 Å². The first-order valence-electron chi connectivity index (χ1n) is 11.4. The minimum Gasteiger partial charge on any atom is -0.434 e. The summed E-state index contributed by atoms with van der Waals surface area (Å²) >= 11 is 0. The first-order chi connectivity index (χ1) is 17.2. The second kappa shape index (κ2) is 8.04. The van der Waals surface area contributed by atoms with Crippen LogP contribution in [0.1, 0.15) is 59.9 Å². The minimum atomic E-state index is -3.04. The molecule has 2 atom stereocenters. The molecule has 183 valence electrons. The highest BCUT2D eigenvalue weighted by Gasteiger charge is 2.45. The fraction of sp³-hybridized carbons (Fsp3) is 0.269. The summed E-state index contributed by atoms with van der Waals surface area (Å²) in [5, 5.41) is 0. The number of ether oxygens (including phenoxy) is 1. The van der Waals surface area contributed by atoms with Gasteiger partial charge in [-0.05, 0) is 18.2 Å². The average molecular weight is 492 g/mol. The van der Waals surface area contributed by atoms with Crippen LogP contribution in [0.15, 0.2) is 42.7 Å². The zero-order valence-electron chi connectivity index (χ0n) is 19.7. The zero-order valence-corrected chi connectivity index (χ0v) is 19.7. The molecular formula is C26H21F3N5O2. The van der Waals surface area contributed by atoms with Crippen molar-refractivity contribution < 1.29 is 22.7 Å². The number of hydrogen-bond donors (Lipinski definition) is 0. The smallest absolute Gasteiger partial charge is 0.387 e. The predicted molar refractivity (Wildman–Crippen MR) is 125 cm³/mol. The molecule has 0 saturated carbocycles. The SMILES string of the molecule is C[C](C)c1ncc(-c2cc3c(cc2F)nc2n3[C@@H]3C[C@H]2N(C)C(=O)c2cccc(OC(F)F)c23)cn1. The summed E-state index contributed by atoms with van der Waals surface area (Å²) in [5.74, 6) is 1.25. The molecule has 1 amide bonds. The molecule has 2 bridgehead atoms. The molecule has 0 unspecified atom stereocenters. The van der Waals surface area contributed by atoms with E-state index in [0.717, 1.165) is 5.92 Å². The Kier molecular flexibility index (Phi) is 5.03. The lowest BCUT2D eigenvalue weighted by Gasteiger charge is -2.24. The lowest BCUT2D eigenvalue weighted by molar-refractivity contribution is -0.0507. The van der Waals surface area contributed by atoms with Crippen LogP contribution in [0.25, 0.3) is 22.2 Å². The van der Waals surface area contributed by atoms with Gasteiger partial charge in [0.25, 0.3) is 5.91 Å². The number of nitrogens with zero attached hydrogens (tertiary/aromatic N) is 5. The Morgan fingerprint density at radius 1 is 1.11 bits per heavy atom. The maximum Gasteiger partial charge on any atom is 0.387 e. The molecule has 2 aromatic heterocycles. The van der Waals surface area contributed by atoms with E-state index >= 15 is 4.39 Å². The first kappa shape index (κ1) is 22.5. The van der Waals surface area contributed by atoms with Crippen molar-refractivity contribution in [3.8, 4) is 16.9 Å². The minimum absolute atomic E-state index is 0.0536. The van der Waals surface area contributed by atoms with E-state index in [2.05, 4.69) is 15.0 Å². The highest BCUT2D eigenvalue weighted by atomic mass is 19.3. The summed E-state index contributed by atoms with van der Waals surface area (Å²) in [4.78, 5) is 28.1. The molecular weight excluding hydrogens is 471 g/mol. The number of carbonyl (C=O) groups excluding carboxylic acids is 1. The Labute approximate surface area is 204 Å². The Bertz CT molecular complexity index is 1520. The van der Waals surface area contributed by atoms with Gasteiger partial charge in [-0.25, -0.2) is 19.3 Å². The van der Waals surface area contributed by atoms with E-state index < -0.39 is 24.5 Å². The number of benzene rings is 2. The largest absolute Gasteiger partial charge is 0.434 e. The fourth-order valence-electron chi connectivity index (χ4n) is 5.25. The second-order valence-electron chi connectivity index (χ2n) is 9.24. The van der Waals surface area contributed by atoms with Crippen molar-refractivity contribution in [1.82, 2.24) is 24.4 Å². The standard InChI is InChI=1S/C26H21F3N5O2/c1-12(2)23-30-10-13(11-31-23)15-7-18-17(8-16(15)27)32-24-20-9-19(34(18)24)22-14(25(35)33(20)3)5-4-6-21(22)36-26(28)29/h4-8,10-11,19-20,26H,9H2,1-3H3/t19-,20-/m1/s1. The summed E-state index contributed by atoms with van der Waals surface area (Å²) in [6, 6.07) is 6.70. The maximum absolute atomic E-state index is 15.2. The molecule has 4 aromatic rings. The molecule has 2 aromatic carbocycles. The lowest BCUT2D eigenvalue weighted by atomic mass is 9.97. The molecule has 10 heteroatoms. The Morgan fingerprint density at radius 2 is 1.86 bits per heavy atom. The van der Waals surface area contributed by atoms with Crippen LogP contribution in [0.5, 0.6) is 5.75 Å². The number of aromatic nitrogens is 4. The molecule has 6 rings (SSSR count). The molecule has 1 radical (unpaired) electrons. The van der Waals surface area contributed by atoms with Crippen molar-refractivity contribution in [1.29, 1.82) is 0 Å². The predicted octanol–water partition coefficient (Wildman–Crippen LogP) is 5.32. The summed E-state index contributed by atoms with van der Waals surface area (Å²) in [5.41, 5.74) is 2.51. The molecule has 0 saturated heterocycles. The summed E-state index contributed by atoms with van der Waals surface area (Å²) in [6.07, 6.45) is 3.58. The Morgan fingerprint density at radius 3 is 2.56 bits per heavy atom. The van der Waals surface area contributed by atoms with Crippen LogP contribution in [0.3, 0.4) is 0 Å². The fourth-order valence-corrected chi connectivity index (χ4v) is 5.25. The van der Waals surface area contributed by atoms with E-state index in [1.54, 1.807) is 36.5 Å². The topological polar surface area (TPSA) is 73.1 Å². The van der Waals surface area contributed by atoms with Gasteiger partial charge in [0.1, 0.15) is 23.2 Å². The highest BCUT2D eigenvalue weighted by Crippen LogP contribution is 2.50. The molecule has 4 heterocycles. The van der Waals surface area contributed by atoms with Gasteiger partial charge in [0.2, 0.25) is 0 Å². The molecule has 0 spiro atoms. The van der Waals surface area contributed by atoms with Gasteiger partial charge in [-0.15, -0.1) is 0 Å². The summed E-state index contributed by atoms with van der Waals surface area (Å²) in [7, 11) is 1.66. The van der Waals surface area contributed by atoms with Gasteiger partial charge in [0.05, 0.1) is 23.1 Å². The maximum atomic E-state index is 15.2. The van der Waals surface area contributed by atoms with E-state index in [-0.39, 0.29) is 11.7 Å². The van der Waals surface area contributed by atoms with Gasteiger partial charge in [-0.3, -0.25) is 4.79 Å². The third kappa shape index (κ3) is 3.27.